The molecule has 6 heteroatoms. The van der Waals surface area contributed by atoms with Crippen molar-refractivity contribution in [2.45, 2.75) is 26.2 Å². The Morgan fingerprint density at radius 2 is 1.54 bits per heavy atom. The summed E-state index contributed by atoms with van der Waals surface area (Å²) < 4.78 is 11.2. The summed E-state index contributed by atoms with van der Waals surface area (Å²) in [5.41, 5.74) is 3.24. The van der Waals surface area contributed by atoms with E-state index in [2.05, 4.69) is 53.5 Å². The minimum absolute atomic E-state index is 0.127. The molecule has 1 aliphatic heterocycles. The minimum atomic E-state index is 0.127. The molecule has 0 aliphatic carbocycles. The maximum atomic E-state index is 5.63. The van der Waals surface area contributed by atoms with Crippen LogP contribution in [-0.4, -0.2) is 23.2 Å². The van der Waals surface area contributed by atoms with E-state index >= 15 is 0 Å². The highest BCUT2D eigenvalue weighted by Gasteiger charge is 2.14. The summed E-state index contributed by atoms with van der Waals surface area (Å²) in [6.07, 6.45) is 1.72. The molecule has 0 saturated heterocycles. The molecule has 3 aromatic rings. The van der Waals surface area contributed by atoms with Crippen LogP contribution < -0.4 is 20.1 Å². The molecule has 144 valence electrons. The molecule has 2 N–H and O–H groups in total. The van der Waals surface area contributed by atoms with Gasteiger partial charge in [0.05, 0.1) is 0 Å². The number of ether oxygens (including phenoxy) is 2. The normalized spacial score (nSPS) is 13.1. The van der Waals surface area contributed by atoms with Crippen LogP contribution in [0.3, 0.4) is 0 Å². The zero-order valence-corrected chi connectivity index (χ0v) is 16.3. The molecule has 0 radical (unpaired) electrons. The molecule has 0 unspecified atom stereocenters. The Labute approximate surface area is 164 Å². The predicted octanol–water partition coefficient (Wildman–Crippen LogP) is 5.03. The Morgan fingerprint density at radius 1 is 0.821 bits per heavy atom. The van der Waals surface area contributed by atoms with Gasteiger partial charge in [-0.3, -0.25) is 0 Å². The van der Waals surface area contributed by atoms with Gasteiger partial charge in [0.15, 0.2) is 11.5 Å². The first kappa shape index (κ1) is 18.1. The zero-order valence-electron chi connectivity index (χ0n) is 16.3. The summed E-state index contributed by atoms with van der Waals surface area (Å²) in [6, 6.07) is 15.9. The van der Waals surface area contributed by atoms with Crippen molar-refractivity contribution >= 4 is 23.1 Å². The number of anilines is 4. The number of aromatic nitrogens is 2. The Kier molecular flexibility index (Phi) is 4.77. The lowest BCUT2D eigenvalue weighted by molar-refractivity contribution is 0.171. The first-order chi connectivity index (χ1) is 13.5. The SMILES string of the molecule is CC(C)(C)c1ccc(Nc2nccc(Nc3ccc4c(c3)OCCO4)n2)cc1. The molecule has 4 rings (SSSR count). The molecule has 0 saturated carbocycles. The molecular formula is C22H24N4O2. The van der Waals surface area contributed by atoms with Gasteiger partial charge in [0, 0.05) is 23.6 Å². The summed E-state index contributed by atoms with van der Waals surface area (Å²) in [4.78, 5) is 8.85. The van der Waals surface area contributed by atoms with E-state index < -0.39 is 0 Å². The van der Waals surface area contributed by atoms with Crippen LogP contribution in [0.5, 0.6) is 11.5 Å². The summed E-state index contributed by atoms with van der Waals surface area (Å²) in [7, 11) is 0. The molecule has 0 spiro atoms. The first-order valence-corrected chi connectivity index (χ1v) is 9.35. The molecule has 6 nitrogen and oxygen atoms in total. The van der Waals surface area contributed by atoms with Crippen LogP contribution in [0.4, 0.5) is 23.1 Å². The van der Waals surface area contributed by atoms with E-state index in [0.29, 0.717) is 25.0 Å². The zero-order chi connectivity index (χ0) is 19.6. The van der Waals surface area contributed by atoms with Crippen molar-refractivity contribution in [1.29, 1.82) is 0 Å². The quantitative estimate of drug-likeness (QED) is 0.665. The van der Waals surface area contributed by atoms with Crippen molar-refractivity contribution in [3.05, 3.63) is 60.3 Å². The monoisotopic (exact) mass is 376 g/mol. The molecular weight excluding hydrogens is 352 g/mol. The van der Waals surface area contributed by atoms with Crippen molar-refractivity contribution in [2.75, 3.05) is 23.8 Å². The van der Waals surface area contributed by atoms with E-state index in [1.807, 2.05) is 36.4 Å². The fourth-order valence-electron chi connectivity index (χ4n) is 2.94. The molecule has 2 heterocycles. The molecule has 0 atom stereocenters. The second-order valence-corrected chi connectivity index (χ2v) is 7.70. The van der Waals surface area contributed by atoms with Gasteiger partial charge >= 0.3 is 0 Å². The third-order valence-electron chi connectivity index (χ3n) is 4.48. The van der Waals surface area contributed by atoms with E-state index in [1.165, 1.54) is 5.56 Å². The maximum Gasteiger partial charge on any atom is 0.229 e. The smallest absolute Gasteiger partial charge is 0.229 e. The molecule has 1 aliphatic rings. The predicted molar refractivity (Wildman–Crippen MR) is 111 cm³/mol. The summed E-state index contributed by atoms with van der Waals surface area (Å²) in [5, 5.41) is 6.53. The topological polar surface area (TPSA) is 68.3 Å². The van der Waals surface area contributed by atoms with Crippen LogP contribution in [0.2, 0.25) is 0 Å². The maximum absolute atomic E-state index is 5.63. The van der Waals surface area contributed by atoms with Gasteiger partial charge in [0.25, 0.3) is 0 Å². The Hall–Kier alpha value is -3.28. The Bertz CT molecular complexity index is 965. The fraction of sp³-hybridized carbons (Fsp3) is 0.273. The third-order valence-corrected chi connectivity index (χ3v) is 4.48. The fourth-order valence-corrected chi connectivity index (χ4v) is 2.94. The summed E-state index contributed by atoms with van der Waals surface area (Å²) in [6.45, 7) is 7.74. The van der Waals surface area contributed by atoms with Crippen LogP contribution in [0.15, 0.2) is 54.7 Å². The number of nitrogens with one attached hydrogen (secondary N) is 2. The average molecular weight is 376 g/mol. The lowest BCUT2D eigenvalue weighted by atomic mass is 9.87. The van der Waals surface area contributed by atoms with Crippen molar-refractivity contribution in [3.63, 3.8) is 0 Å². The van der Waals surface area contributed by atoms with Gasteiger partial charge in [0.1, 0.15) is 19.0 Å². The minimum Gasteiger partial charge on any atom is -0.486 e. The highest BCUT2D eigenvalue weighted by molar-refractivity contribution is 5.63. The van der Waals surface area contributed by atoms with Crippen LogP contribution in [-0.2, 0) is 5.41 Å². The number of nitrogens with zero attached hydrogens (tertiary/aromatic N) is 2. The number of fused-ring (bicyclic) bond motifs is 1. The second-order valence-electron chi connectivity index (χ2n) is 7.70. The summed E-state index contributed by atoms with van der Waals surface area (Å²) >= 11 is 0. The Morgan fingerprint density at radius 3 is 2.29 bits per heavy atom. The van der Waals surface area contributed by atoms with Gasteiger partial charge < -0.3 is 20.1 Å². The van der Waals surface area contributed by atoms with E-state index in [1.54, 1.807) is 6.20 Å². The lowest BCUT2D eigenvalue weighted by Crippen LogP contribution is -2.15. The van der Waals surface area contributed by atoms with Crippen molar-refractivity contribution in [2.24, 2.45) is 0 Å². The van der Waals surface area contributed by atoms with Gasteiger partial charge in [-0.25, -0.2) is 4.98 Å². The van der Waals surface area contributed by atoms with Crippen LogP contribution in [0.25, 0.3) is 0 Å². The van der Waals surface area contributed by atoms with E-state index in [0.717, 1.165) is 22.9 Å². The van der Waals surface area contributed by atoms with Crippen molar-refractivity contribution in [3.8, 4) is 11.5 Å². The van der Waals surface area contributed by atoms with Gasteiger partial charge in [-0.2, -0.15) is 4.98 Å². The Balaban J connectivity index is 1.47. The van der Waals surface area contributed by atoms with Gasteiger partial charge in [-0.15, -0.1) is 0 Å². The van der Waals surface area contributed by atoms with E-state index in [-0.39, 0.29) is 5.41 Å². The first-order valence-electron chi connectivity index (χ1n) is 9.35. The largest absolute Gasteiger partial charge is 0.486 e. The number of rotatable bonds is 4. The van der Waals surface area contributed by atoms with Gasteiger partial charge in [-0.05, 0) is 41.3 Å². The molecule has 1 aromatic heterocycles. The van der Waals surface area contributed by atoms with Crippen molar-refractivity contribution < 1.29 is 9.47 Å². The molecule has 2 aromatic carbocycles. The molecule has 0 amide bonds. The molecule has 0 bridgehead atoms. The third kappa shape index (κ3) is 4.17. The standard InChI is InChI=1S/C22H24N4O2/c1-22(2,3)15-4-6-16(7-5-15)25-21-23-11-10-20(26-21)24-17-8-9-18-19(14-17)28-13-12-27-18/h4-11,14H,12-13H2,1-3H3,(H2,23,24,25,26). The molecule has 28 heavy (non-hydrogen) atoms. The number of hydrogen-bond donors (Lipinski definition) is 2. The van der Waals surface area contributed by atoms with Crippen LogP contribution in [0.1, 0.15) is 26.3 Å². The number of benzene rings is 2. The second kappa shape index (κ2) is 7.38. The van der Waals surface area contributed by atoms with Crippen LogP contribution in [0, 0.1) is 0 Å². The summed E-state index contributed by atoms with van der Waals surface area (Å²) in [5.74, 6) is 2.73. The van der Waals surface area contributed by atoms with Crippen LogP contribution >= 0.6 is 0 Å². The number of hydrogen-bond acceptors (Lipinski definition) is 6. The highest BCUT2D eigenvalue weighted by Crippen LogP contribution is 2.33. The average Bonchev–Trinajstić information content (AvgIpc) is 2.68. The lowest BCUT2D eigenvalue weighted by Gasteiger charge is -2.19. The van der Waals surface area contributed by atoms with Crippen molar-refractivity contribution in [1.82, 2.24) is 9.97 Å². The van der Waals surface area contributed by atoms with E-state index in [9.17, 15) is 0 Å². The van der Waals surface area contributed by atoms with E-state index in [4.69, 9.17) is 9.47 Å². The molecule has 0 fully saturated rings. The van der Waals surface area contributed by atoms with Gasteiger partial charge in [-0.1, -0.05) is 32.9 Å². The van der Waals surface area contributed by atoms with Gasteiger partial charge in [0.2, 0.25) is 5.95 Å². The highest BCUT2D eigenvalue weighted by atomic mass is 16.6.